The molecule has 1 aromatic heterocycles. The molecule has 0 radical (unpaired) electrons. The Labute approximate surface area is 106 Å². The maximum Gasteiger partial charge on any atom is 0.141 e. The fourth-order valence-electron chi connectivity index (χ4n) is 1.19. The van der Waals surface area contributed by atoms with E-state index in [0.717, 1.165) is 14.4 Å². The van der Waals surface area contributed by atoms with Crippen LogP contribution in [0, 0.1) is 11.3 Å². The Morgan fingerprint density at radius 2 is 2.00 bits per heavy atom. The van der Waals surface area contributed by atoms with Crippen LogP contribution in [0.5, 0.6) is 0 Å². The molecule has 0 saturated carbocycles. The predicted octanol–water partition coefficient (Wildman–Crippen LogP) is 3.87. The van der Waals surface area contributed by atoms with Gasteiger partial charge >= 0.3 is 0 Å². The van der Waals surface area contributed by atoms with Crippen LogP contribution in [0.4, 0.5) is 0 Å². The molecule has 2 nitrogen and oxygen atoms in total. The molecule has 1 aromatic carbocycles. The van der Waals surface area contributed by atoms with Crippen molar-refractivity contribution in [2.45, 2.75) is 9.92 Å². The van der Waals surface area contributed by atoms with Gasteiger partial charge in [-0.3, -0.25) is 0 Å². The maximum atomic E-state index is 8.74. The standard InChI is InChI=1S/C12H7BrN2S/c13-9-3-1-5-11(7-9)16-12-6-2-4-10(8-14)15-12/h1-7H. The molecule has 0 unspecified atom stereocenters. The molecule has 1 heterocycles. The van der Waals surface area contributed by atoms with Crippen LogP contribution in [0.3, 0.4) is 0 Å². The second-order valence-corrected chi connectivity index (χ2v) is 5.04. The van der Waals surface area contributed by atoms with Crippen LogP contribution in [0.2, 0.25) is 0 Å². The van der Waals surface area contributed by atoms with E-state index in [1.807, 2.05) is 42.5 Å². The number of nitrogens with zero attached hydrogens (tertiary/aromatic N) is 2. The van der Waals surface area contributed by atoms with Crippen molar-refractivity contribution in [1.82, 2.24) is 4.98 Å². The highest BCUT2D eigenvalue weighted by Gasteiger charge is 2.00. The minimum Gasteiger partial charge on any atom is -0.230 e. The molecule has 0 aliphatic rings. The van der Waals surface area contributed by atoms with Crippen molar-refractivity contribution >= 4 is 27.7 Å². The van der Waals surface area contributed by atoms with Crippen molar-refractivity contribution in [1.29, 1.82) is 5.26 Å². The van der Waals surface area contributed by atoms with Gasteiger partial charge in [-0.05, 0) is 30.3 Å². The number of benzene rings is 1. The van der Waals surface area contributed by atoms with E-state index in [4.69, 9.17) is 5.26 Å². The highest BCUT2D eigenvalue weighted by atomic mass is 79.9. The first kappa shape index (κ1) is 11.2. The van der Waals surface area contributed by atoms with E-state index in [2.05, 4.69) is 20.9 Å². The van der Waals surface area contributed by atoms with Gasteiger partial charge in [-0.2, -0.15) is 5.26 Å². The zero-order chi connectivity index (χ0) is 11.4. The topological polar surface area (TPSA) is 36.7 Å². The van der Waals surface area contributed by atoms with Crippen LogP contribution < -0.4 is 0 Å². The fraction of sp³-hybridized carbons (Fsp3) is 0. The van der Waals surface area contributed by atoms with Crippen molar-refractivity contribution in [2.75, 3.05) is 0 Å². The Morgan fingerprint density at radius 1 is 1.19 bits per heavy atom. The summed E-state index contributed by atoms with van der Waals surface area (Å²) < 4.78 is 1.04. The predicted molar refractivity (Wildman–Crippen MR) is 67.2 cm³/mol. The Morgan fingerprint density at radius 3 is 2.75 bits per heavy atom. The number of rotatable bonds is 2. The average Bonchev–Trinajstić information content (AvgIpc) is 2.29. The molecule has 0 amide bonds. The Balaban J connectivity index is 2.24. The monoisotopic (exact) mass is 290 g/mol. The van der Waals surface area contributed by atoms with Gasteiger partial charge in [-0.15, -0.1) is 0 Å². The Hall–Kier alpha value is -1.31. The number of pyridine rings is 1. The second kappa shape index (κ2) is 5.15. The van der Waals surface area contributed by atoms with E-state index >= 15 is 0 Å². The molecule has 0 saturated heterocycles. The van der Waals surface area contributed by atoms with Crippen molar-refractivity contribution in [2.24, 2.45) is 0 Å². The van der Waals surface area contributed by atoms with Gasteiger partial charge in [-0.25, -0.2) is 4.98 Å². The zero-order valence-electron chi connectivity index (χ0n) is 8.22. The average molecular weight is 291 g/mol. The smallest absolute Gasteiger partial charge is 0.141 e. The first-order valence-corrected chi connectivity index (χ1v) is 6.19. The van der Waals surface area contributed by atoms with Gasteiger partial charge in [0.15, 0.2) is 0 Å². The molecule has 0 spiro atoms. The van der Waals surface area contributed by atoms with E-state index in [0.29, 0.717) is 5.69 Å². The number of halogens is 1. The number of hydrogen-bond donors (Lipinski definition) is 0. The van der Waals surface area contributed by atoms with Crippen LogP contribution in [0.1, 0.15) is 5.69 Å². The molecule has 0 atom stereocenters. The Kier molecular flexibility index (Phi) is 3.60. The van der Waals surface area contributed by atoms with Crippen molar-refractivity contribution < 1.29 is 0 Å². The summed E-state index contributed by atoms with van der Waals surface area (Å²) in [7, 11) is 0. The number of aromatic nitrogens is 1. The molecule has 16 heavy (non-hydrogen) atoms. The fourth-order valence-corrected chi connectivity index (χ4v) is 2.60. The first-order chi connectivity index (χ1) is 7.78. The van der Waals surface area contributed by atoms with Gasteiger partial charge in [-0.1, -0.05) is 39.8 Å². The molecular weight excluding hydrogens is 284 g/mol. The molecule has 0 bridgehead atoms. The highest BCUT2D eigenvalue weighted by Crippen LogP contribution is 2.27. The molecular formula is C12H7BrN2S. The molecule has 4 heteroatoms. The van der Waals surface area contributed by atoms with Gasteiger partial charge in [0.25, 0.3) is 0 Å². The first-order valence-electron chi connectivity index (χ1n) is 4.58. The number of hydrogen-bond acceptors (Lipinski definition) is 3. The second-order valence-electron chi connectivity index (χ2n) is 3.03. The third-order valence-corrected chi connectivity index (χ3v) is 3.28. The summed E-state index contributed by atoms with van der Waals surface area (Å²) in [6.45, 7) is 0. The Bertz CT molecular complexity index is 549. The molecule has 2 aromatic rings. The lowest BCUT2D eigenvalue weighted by Crippen LogP contribution is -1.84. The molecule has 2 rings (SSSR count). The lowest BCUT2D eigenvalue weighted by molar-refractivity contribution is 1.10. The molecule has 0 N–H and O–H groups in total. The molecule has 0 fully saturated rings. The zero-order valence-corrected chi connectivity index (χ0v) is 10.6. The van der Waals surface area contributed by atoms with E-state index in [1.165, 1.54) is 11.8 Å². The SMILES string of the molecule is N#Cc1cccc(Sc2cccc(Br)c2)n1. The summed E-state index contributed by atoms with van der Waals surface area (Å²) in [5, 5.41) is 9.57. The summed E-state index contributed by atoms with van der Waals surface area (Å²) in [6.07, 6.45) is 0. The highest BCUT2D eigenvalue weighted by molar-refractivity contribution is 9.10. The molecule has 78 valence electrons. The summed E-state index contributed by atoms with van der Waals surface area (Å²) in [6, 6.07) is 15.4. The maximum absolute atomic E-state index is 8.74. The van der Waals surface area contributed by atoms with Gasteiger partial charge in [0.2, 0.25) is 0 Å². The van der Waals surface area contributed by atoms with Gasteiger partial charge in [0, 0.05) is 9.37 Å². The van der Waals surface area contributed by atoms with Gasteiger partial charge in [0.05, 0.1) is 0 Å². The van der Waals surface area contributed by atoms with Crippen molar-refractivity contribution in [3.63, 3.8) is 0 Å². The normalized spacial score (nSPS) is 9.75. The summed E-state index contributed by atoms with van der Waals surface area (Å²) >= 11 is 4.96. The quantitative estimate of drug-likeness (QED) is 0.842. The van der Waals surface area contributed by atoms with Gasteiger partial charge < -0.3 is 0 Å². The van der Waals surface area contributed by atoms with E-state index in [-0.39, 0.29) is 0 Å². The van der Waals surface area contributed by atoms with Crippen molar-refractivity contribution in [3.8, 4) is 6.07 Å². The third kappa shape index (κ3) is 2.84. The van der Waals surface area contributed by atoms with E-state index in [1.54, 1.807) is 6.07 Å². The van der Waals surface area contributed by atoms with E-state index in [9.17, 15) is 0 Å². The summed E-state index contributed by atoms with van der Waals surface area (Å²) in [5.74, 6) is 0. The van der Waals surface area contributed by atoms with Crippen LogP contribution >= 0.6 is 27.7 Å². The lowest BCUT2D eigenvalue weighted by Gasteiger charge is -2.01. The largest absolute Gasteiger partial charge is 0.230 e. The van der Waals surface area contributed by atoms with Crippen LogP contribution in [0.25, 0.3) is 0 Å². The molecule has 0 aliphatic heterocycles. The third-order valence-electron chi connectivity index (χ3n) is 1.86. The minimum absolute atomic E-state index is 0.444. The summed E-state index contributed by atoms with van der Waals surface area (Å²) in [5.41, 5.74) is 0.444. The summed E-state index contributed by atoms with van der Waals surface area (Å²) in [4.78, 5) is 5.30. The van der Waals surface area contributed by atoms with Crippen LogP contribution in [0.15, 0.2) is 56.9 Å². The lowest BCUT2D eigenvalue weighted by atomic mass is 10.4. The molecule has 0 aliphatic carbocycles. The minimum atomic E-state index is 0.444. The van der Waals surface area contributed by atoms with Crippen LogP contribution in [-0.4, -0.2) is 4.98 Å². The van der Waals surface area contributed by atoms with E-state index < -0.39 is 0 Å². The van der Waals surface area contributed by atoms with Crippen LogP contribution in [-0.2, 0) is 0 Å². The number of nitriles is 1. The van der Waals surface area contributed by atoms with Gasteiger partial charge in [0.1, 0.15) is 16.8 Å². The van der Waals surface area contributed by atoms with Crippen molar-refractivity contribution in [3.05, 3.63) is 52.6 Å².